The van der Waals surface area contributed by atoms with Gasteiger partial charge in [-0.2, -0.15) is 5.10 Å². The standard InChI is InChI=1S/C11H20N4/c1-4-5-12-6-7-14(2)9-11-8-13-15(3)10-11/h4,8,10,12H,1,5-7,9H2,2-3H3. The molecule has 0 bridgehead atoms. The van der Waals surface area contributed by atoms with Crippen LogP contribution in [-0.4, -0.2) is 41.4 Å². The zero-order valence-electron chi connectivity index (χ0n) is 9.61. The van der Waals surface area contributed by atoms with E-state index in [0.29, 0.717) is 0 Å². The number of nitrogens with one attached hydrogen (secondary N) is 1. The van der Waals surface area contributed by atoms with Crippen molar-refractivity contribution in [3.63, 3.8) is 0 Å². The fraction of sp³-hybridized carbons (Fsp3) is 0.545. The molecule has 0 aliphatic rings. The van der Waals surface area contributed by atoms with E-state index in [0.717, 1.165) is 26.2 Å². The summed E-state index contributed by atoms with van der Waals surface area (Å²) in [6.07, 6.45) is 5.84. The van der Waals surface area contributed by atoms with E-state index >= 15 is 0 Å². The monoisotopic (exact) mass is 208 g/mol. The summed E-state index contributed by atoms with van der Waals surface area (Å²) in [7, 11) is 4.05. The van der Waals surface area contributed by atoms with Crippen molar-refractivity contribution in [2.24, 2.45) is 7.05 Å². The number of nitrogens with zero attached hydrogens (tertiary/aromatic N) is 3. The summed E-state index contributed by atoms with van der Waals surface area (Å²) < 4.78 is 1.83. The lowest BCUT2D eigenvalue weighted by Crippen LogP contribution is -2.28. The Kier molecular flexibility index (Phi) is 5.07. The van der Waals surface area contributed by atoms with Crippen LogP contribution in [0.3, 0.4) is 0 Å². The number of rotatable bonds is 7. The van der Waals surface area contributed by atoms with Gasteiger partial charge in [0.2, 0.25) is 0 Å². The Hall–Kier alpha value is -1.13. The van der Waals surface area contributed by atoms with Crippen LogP contribution in [0.2, 0.25) is 0 Å². The number of hydrogen-bond donors (Lipinski definition) is 1. The Balaban J connectivity index is 2.18. The molecule has 0 saturated carbocycles. The van der Waals surface area contributed by atoms with Crippen molar-refractivity contribution in [3.8, 4) is 0 Å². The molecule has 0 aromatic carbocycles. The van der Waals surface area contributed by atoms with Crippen LogP contribution in [0.15, 0.2) is 25.0 Å². The summed E-state index contributed by atoms with van der Waals surface area (Å²) in [6, 6.07) is 0. The van der Waals surface area contributed by atoms with E-state index in [4.69, 9.17) is 0 Å². The Morgan fingerprint density at radius 2 is 2.47 bits per heavy atom. The van der Waals surface area contributed by atoms with Gasteiger partial charge in [0.1, 0.15) is 0 Å². The summed E-state index contributed by atoms with van der Waals surface area (Å²) in [5.74, 6) is 0. The van der Waals surface area contributed by atoms with Gasteiger partial charge in [-0.1, -0.05) is 6.08 Å². The average Bonchev–Trinajstić information content (AvgIpc) is 2.59. The van der Waals surface area contributed by atoms with Gasteiger partial charge in [0.25, 0.3) is 0 Å². The summed E-state index contributed by atoms with van der Waals surface area (Å²) in [4.78, 5) is 2.27. The van der Waals surface area contributed by atoms with Crippen LogP contribution in [-0.2, 0) is 13.6 Å². The van der Waals surface area contributed by atoms with Gasteiger partial charge in [0.15, 0.2) is 0 Å². The molecule has 0 spiro atoms. The van der Waals surface area contributed by atoms with Gasteiger partial charge < -0.3 is 10.2 Å². The first-order valence-electron chi connectivity index (χ1n) is 5.20. The third-order valence-corrected chi connectivity index (χ3v) is 2.17. The fourth-order valence-corrected chi connectivity index (χ4v) is 1.42. The molecule has 1 aromatic rings. The van der Waals surface area contributed by atoms with Crippen LogP contribution < -0.4 is 5.32 Å². The van der Waals surface area contributed by atoms with Gasteiger partial charge >= 0.3 is 0 Å². The zero-order valence-corrected chi connectivity index (χ0v) is 9.61. The van der Waals surface area contributed by atoms with Crippen molar-refractivity contribution in [2.45, 2.75) is 6.54 Å². The molecule has 0 aliphatic carbocycles. The van der Waals surface area contributed by atoms with Crippen LogP contribution >= 0.6 is 0 Å². The minimum Gasteiger partial charge on any atom is -0.312 e. The summed E-state index contributed by atoms with van der Waals surface area (Å²) in [5.41, 5.74) is 1.25. The lowest BCUT2D eigenvalue weighted by atomic mass is 10.3. The van der Waals surface area contributed by atoms with E-state index in [9.17, 15) is 0 Å². The summed E-state index contributed by atoms with van der Waals surface area (Å²) in [5, 5.41) is 7.42. The molecule has 0 aliphatic heterocycles. The maximum atomic E-state index is 4.14. The highest BCUT2D eigenvalue weighted by Crippen LogP contribution is 1.99. The lowest BCUT2D eigenvalue weighted by Gasteiger charge is -2.15. The number of aryl methyl sites for hydroxylation is 1. The molecule has 1 rings (SSSR count). The predicted octanol–water partition coefficient (Wildman–Crippen LogP) is 0.627. The molecule has 15 heavy (non-hydrogen) atoms. The molecule has 1 heterocycles. The van der Waals surface area contributed by atoms with Gasteiger partial charge in [-0.05, 0) is 7.05 Å². The maximum absolute atomic E-state index is 4.14. The van der Waals surface area contributed by atoms with E-state index in [-0.39, 0.29) is 0 Å². The van der Waals surface area contributed by atoms with Crippen LogP contribution in [0, 0.1) is 0 Å². The predicted molar refractivity (Wildman–Crippen MR) is 62.6 cm³/mol. The van der Waals surface area contributed by atoms with Crippen molar-refractivity contribution >= 4 is 0 Å². The van der Waals surface area contributed by atoms with Crippen LogP contribution in [0.5, 0.6) is 0 Å². The molecular formula is C11H20N4. The van der Waals surface area contributed by atoms with Gasteiger partial charge in [-0.15, -0.1) is 6.58 Å². The Morgan fingerprint density at radius 1 is 1.67 bits per heavy atom. The number of likely N-dealkylation sites (N-methyl/N-ethyl adjacent to an activating group) is 1. The largest absolute Gasteiger partial charge is 0.312 e. The Labute approximate surface area is 91.6 Å². The highest BCUT2D eigenvalue weighted by atomic mass is 15.2. The third-order valence-electron chi connectivity index (χ3n) is 2.17. The number of aromatic nitrogens is 2. The van der Waals surface area contributed by atoms with Crippen LogP contribution in [0.4, 0.5) is 0 Å². The van der Waals surface area contributed by atoms with Crippen molar-refractivity contribution < 1.29 is 0 Å². The van der Waals surface area contributed by atoms with Crippen molar-refractivity contribution in [1.82, 2.24) is 20.0 Å². The quantitative estimate of drug-likeness (QED) is 0.527. The van der Waals surface area contributed by atoms with E-state index in [1.54, 1.807) is 0 Å². The fourth-order valence-electron chi connectivity index (χ4n) is 1.42. The second-order valence-corrected chi connectivity index (χ2v) is 3.75. The molecule has 4 nitrogen and oxygen atoms in total. The van der Waals surface area contributed by atoms with Crippen LogP contribution in [0.25, 0.3) is 0 Å². The third kappa shape index (κ3) is 4.76. The molecule has 0 amide bonds. The SMILES string of the molecule is C=CCNCCN(C)Cc1cnn(C)c1. The summed E-state index contributed by atoms with van der Waals surface area (Å²) >= 11 is 0. The molecular weight excluding hydrogens is 188 g/mol. The van der Waals surface area contributed by atoms with Crippen molar-refractivity contribution in [1.29, 1.82) is 0 Å². The van der Waals surface area contributed by atoms with Gasteiger partial charge in [-0.3, -0.25) is 4.68 Å². The Morgan fingerprint density at radius 3 is 3.07 bits per heavy atom. The van der Waals surface area contributed by atoms with Crippen LogP contribution in [0.1, 0.15) is 5.56 Å². The molecule has 0 fully saturated rings. The van der Waals surface area contributed by atoms with E-state index in [1.807, 2.05) is 30.2 Å². The molecule has 0 radical (unpaired) electrons. The second-order valence-electron chi connectivity index (χ2n) is 3.75. The molecule has 4 heteroatoms. The zero-order chi connectivity index (χ0) is 11.1. The normalized spacial score (nSPS) is 10.9. The van der Waals surface area contributed by atoms with E-state index in [1.165, 1.54) is 5.56 Å². The lowest BCUT2D eigenvalue weighted by molar-refractivity contribution is 0.326. The highest BCUT2D eigenvalue weighted by molar-refractivity contribution is 5.02. The molecule has 1 N–H and O–H groups in total. The molecule has 0 unspecified atom stereocenters. The Bertz CT molecular complexity index is 293. The number of hydrogen-bond acceptors (Lipinski definition) is 3. The first-order chi connectivity index (χ1) is 7.22. The van der Waals surface area contributed by atoms with E-state index in [2.05, 4.69) is 28.9 Å². The molecule has 0 atom stereocenters. The minimum absolute atomic E-state index is 0.876. The van der Waals surface area contributed by atoms with Gasteiger partial charge in [0, 0.05) is 45.0 Å². The summed E-state index contributed by atoms with van der Waals surface area (Å²) in [6.45, 7) is 7.50. The first-order valence-corrected chi connectivity index (χ1v) is 5.20. The highest BCUT2D eigenvalue weighted by Gasteiger charge is 2.01. The minimum atomic E-state index is 0.876. The molecule has 84 valence electrons. The second kappa shape index (κ2) is 6.37. The van der Waals surface area contributed by atoms with Gasteiger partial charge in [0.05, 0.1) is 6.20 Å². The van der Waals surface area contributed by atoms with E-state index < -0.39 is 0 Å². The van der Waals surface area contributed by atoms with Crippen molar-refractivity contribution in [2.75, 3.05) is 26.7 Å². The first kappa shape index (κ1) is 11.9. The average molecular weight is 208 g/mol. The molecule has 1 aromatic heterocycles. The topological polar surface area (TPSA) is 33.1 Å². The maximum Gasteiger partial charge on any atom is 0.0534 e. The smallest absolute Gasteiger partial charge is 0.0534 e. The van der Waals surface area contributed by atoms with Gasteiger partial charge in [-0.25, -0.2) is 0 Å². The van der Waals surface area contributed by atoms with Crippen molar-refractivity contribution in [3.05, 3.63) is 30.6 Å². The molecule has 0 saturated heterocycles.